The summed E-state index contributed by atoms with van der Waals surface area (Å²) in [6.07, 6.45) is 6.63. The highest BCUT2D eigenvalue weighted by molar-refractivity contribution is 8.17. The summed E-state index contributed by atoms with van der Waals surface area (Å²) in [7, 11) is 1.93. The van der Waals surface area contributed by atoms with Crippen LogP contribution in [0.2, 0.25) is 0 Å². The Labute approximate surface area is 174 Å². The van der Waals surface area contributed by atoms with Gasteiger partial charge in [-0.1, -0.05) is 48.7 Å². The Hall–Kier alpha value is -3.09. The first-order chi connectivity index (χ1) is 14.1. The summed E-state index contributed by atoms with van der Waals surface area (Å²) in [5, 5.41) is 17.1. The average molecular weight is 403 g/mol. The van der Waals surface area contributed by atoms with E-state index in [1.54, 1.807) is 6.08 Å². The van der Waals surface area contributed by atoms with Gasteiger partial charge in [-0.15, -0.1) is 0 Å². The molecule has 6 heteroatoms. The maximum absolute atomic E-state index is 11.0. The number of aromatic nitrogens is 2. The molecular formula is C23H22N4OS. The van der Waals surface area contributed by atoms with Gasteiger partial charge >= 0.3 is 0 Å². The lowest BCUT2D eigenvalue weighted by atomic mass is 10.1. The number of fused-ring (bicyclic) bond motifs is 1. The van der Waals surface area contributed by atoms with Crippen LogP contribution >= 0.6 is 11.8 Å². The van der Waals surface area contributed by atoms with Crippen molar-refractivity contribution in [3.8, 4) is 0 Å². The molecule has 4 rings (SSSR count). The highest BCUT2D eigenvalue weighted by Crippen LogP contribution is 2.39. The van der Waals surface area contributed by atoms with Crippen LogP contribution in [0.25, 0.3) is 17.0 Å². The molecule has 146 valence electrons. The second-order valence-electron chi connectivity index (χ2n) is 6.75. The molecule has 1 unspecified atom stereocenters. The monoisotopic (exact) mass is 402 g/mol. The van der Waals surface area contributed by atoms with Crippen molar-refractivity contribution in [1.82, 2.24) is 14.7 Å². The van der Waals surface area contributed by atoms with Crippen molar-refractivity contribution in [2.24, 2.45) is 12.0 Å². The number of aryl methyl sites for hydroxylation is 1. The Kier molecular flexibility index (Phi) is 5.38. The molecule has 3 aromatic rings. The van der Waals surface area contributed by atoms with Crippen LogP contribution in [0.4, 0.5) is 5.69 Å². The molecule has 2 aromatic carbocycles. The Morgan fingerprint density at radius 2 is 2.03 bits per heavy atom. The van der Waals surface area contributed by atoms with Crippen molar-refractivity contribution in [3.05, 3.63) is 89.6 Å². The molecule has 1 N–H and O–H groups in total. The van der Waals surface area contributed by atoms with E-state index in [0.29, 0.717) is 0 Å². The number of aliphatic hydroxyl groups excluding tert-OH is 1. The number of allylic oxidation sites excluding steroid dienone is 3. The van der Waals surface area contributed by atoms with Crippen LogP contribution in [0.3, 0.4) is 0 Å². The maximum Gasteiger partial charge on any atom is 0.175 e. The zero-order valence-electron chi connectivity index (χ0n) is 16.4. The van der Waals surface area contributed by atoms with Gasteiger partial charge in [-0.2, -0.15) is 5.10 Å². The van der Waals surface area contributed by atoms with Crippen LogP contribution in [0.1, 0.15) is 12.5 Å². The third kappa shape index (κ3) is 3.90. The quantitative estimate of drug-likeness (QED) is 0.620. The number of rotatable bonds is 4. The Bertz CT molecular complexity index is 1140. The fourth-order valence-electron chi connectivity index (χ4n) is 3.26. The van der Waals surface area contributed by atoms with Crippen LogP contribution < -0.4 is 0 Å². The van der Waals surface area contributed by atoms with Gasteiger partial charge in [0.1, 0.15) is 0 Å². The van der Waals surface area contributed by atoms with Gasteiger partial charge in [0.05, 0.1) is 17.4 Å². The first kappa shape index (κ1) is 19.2. The van der Waals surface area contributed by atoms with E-state index in [1.165, 1.54) is 11.8 Å². The number of benzene rings is 2. The molecule has 5 nitrogen and oxygen atoms in total. The summed E-state index contributed by atoms with van der Waals surface area (Å²) >= 11 is 1.47. The Balaban J connectivity index is 1.73. The number of aliphatic imine (C=N–C) groups is 1. The van der Waals surface area contributed by atoms with E-state index >= 15 is 0 Å². The van der Waals surface area contributed by atoms with E-state index in [-0.39, 0.29) is 0 Å². The minimum atomic E-state index is -0.803. The number of aliphatic hydroxyl groups is 1. The van der Waals surface area contributed by atoms with Crippen LogP contribution in [0, 0.1) is 0 Å². The fraction of sp³-hybridized carbons (Fsp3) is 0.130. The molecule has 1 fully saturated rings. The first-order valence-corrected chi connectivity index (χ1v) is 10.1. The average Bonchev–Trinajstić information content (AvgIpc) is 3.22. The molecule has 1 aliphatic heterocycles. The van der Waals surface area contributed by atoms with Crippen molar-refractivity contribution in [2.75, 3.05) is 0 Å². The summed E-state index contributed by atoms with van der Waals surface area (Å²) in [4.78, 5) is 7.40. The number of nitrogens with zero attached hydrogens (tertiary/aromatic N) is 4. The van der Waals surface area contributed by atoms with Crippen LogP contribution in [0.5, 0.6) is 0 Å². The van der Waals surface area contributed by atoms with Crippen LogP contribution in [-0.2, 0) is 7.05 Å². The fourth-order valence-corrected chi connectivity index (χ4v) is 4.37. The molecule has 29 heavy (non-hydrogen) atoms. The van der Waals surface area contributed by atoms with Gasteiger partial charge in [-0.25, -0.2) is 4.99 Å². The predicted molar refractivity (Wildman–Crippen MR) is 122 cm³/mol. The molecule has 0 saturated carbocycles. The van der Waals surface area contributed by atoms with Crippen molar-refractivity contribution in [3.63, 3.8) is 0 Å². The van der Waals surface area contributed by atoms with Gasteiger partial charge in [0.15, 0.2) is 11.4 Å². The molecule has 1 atom stereocenters. The number of hydrogen-bond acceptors (Lipinski definition) is 4. The molecule has 0 spiro atoms. The highest BCUT2D eigenvalue weighted by atomic mass is 32.2. The SMILES string of the molecule is C=C/C=C(\C)N1/C(=N/c2ccccc2)S/C(=C\c2ccc3c(cnn3C)c2)C1O. The topological polar surface area (TPSA) is 53.7 Å². The number of amidine groups is 1. The second-order valence-corrected chi connectivity index (χ2v) is 7.79. The van der Waals surface area contributed by atoms with E-state index in [4.69, 9.17) is 4.99 Å². The third-order valence-corrected chi connectivity index (χ3v) is 5.75. The van der Waals surface area contributed by atoms with Gasteiger partial charge in [0, 0.05) is 23.0 Å². The molecule has 0 radical (unpaired) electrons. The lowest BCUT2D eigenvalue weighted by Gasteiger charge is -2.22. The Morgan fingerprint density at radius 1 is 1.24 bits per heavy atom. The highest BCUT2D eigenvalue weighted by Gasteiger charge is 2.34. The van der Waals surface area contributed by atoms with Crippen LogP contribution in [-0.4, -0.2) is 31.2 Å². The van der Waals surface area contributed by atoms with E-state index in [0.717, 1.165) is 37.9 Å². The molecule has 1 aromatic heterocycles. The largest absolute Gasteiger partial charge is 0.368 e. The Morgan fingerprint density at radius 3 is 2.79 bits per heavy atom. The van der Waals surface area contributed by atoms with E-state index in [2.05, 4.69) is 17.7 Å². The van der Waals surface area contributed by atoms with E-state index < -0.39 is 6.23 Å². The van der Waals surface area contributed by atoms with Gasteiger partial charge in [-0.05, 0) is 48.9 Å². The zero-order chi connectivity index (χ0) is 20.4. The van der Waals surface area contributed by atoms with Gasteiger partial charge in [0.25, 0.3) is 0 Å². The van der Waals surface area contributed by atoms with E-state index in [9.17, 15) is 5.11 Å². The summed E-state index contributed by atoms with van der Waals surface area (Å²) in [5.41, 5.74) is 3.81. The van der Waals surface area contributed by atoms with Crippen molar-refractivity contribution >= 4 is 39.6 Å². The number of para-hydroxylation sites is 1. The standard InChI is InChI=1S/C23H22N4OS/c1-4-8-16(2)27-22(28)21(29-23(27)25-19-9-6-5-7-10-19)14-17-11-12-20-18(13-17)15-24-26(20)3/h4-15,22,28H,1H2,2-3H3/b16-8+,21-14-,25-23-. The lowest BCUT2D eigenvalue weighted by Crippen LogP contribution is -2.31. The molecule has 0 amide bonds. The maximum atomic E-state index is 11.0. The minimum Gasteiger partial charge on any atom is -0.368 e. The predicted octanol–water partition coefficient (Wildman–Crippen LogP) is 5.06. The summed E-state index contributed by atoms with van der Waals surface area (Å²) in [6, 6.07) is 15.9. The summed E-state index contributed by atoms with van der Waals surface area (Å²) in [6.45, 7) is 5.71. The smallest absolute Gasteiger partial charge is 0.175 e. The molecule has 1 aliphatic rings. The third-order valence-electron chi connectivity index (χ3n) is 4.71. The van der Waals surface area contributed by atoms with Gasteiger partial charge in [0.2, 0.25) is 0 Å². The summed E-state index contributed by atoms with van der Waals surface area (Å²) < 4.78 is 1.85. The van der Waals surface area contributed by atoms with Crippen molar-refractivity contribution in [1.29, 1.82) is 0 Å². The molecule has 1 saturated heterocycles. The van der Waals surface area contributed by atoms with E-state index in [1.807, 2.05) is 84.4 Å². The molecular weight excluding hydrogens is 380 g/mol. The van der Waals surface area contributed by atoms with Crippen molar-refractivity contribution < 1.29 is 5.11 Å². The molecule has 0 aliphatic carbocycles. The molecule has 0 bridgehead atoms. The van der Waals surface area contributed by atoms with Gasteiger partial charge in [-0.3, -0.25) is 9.58 Å². The second kappa shape index (κ2) is 8.11. The molecule has 2 heterocycles. The van der Waals surface area contributed by atoms with Gasteiger partial charge < -0.3 is 5.11 Å². The number of hydrogen-bond donors (Lipinski definition) is 1. The van der Waals surface area contributed by atoms with Crippen LogP contribution in [0.15, 0.2) is 89.1 Å². The minimum absolute atomic E-state index is 0.730. The lowest BCUT2D eigenvalue weighted by molar-refractivity contribution is 0.124. The normalized spacial score (nSPS) is 20.2. The summed E-state index contributed by atoms with van der Waals surface area (Å²) in [5.74, 6) is 0. The first-order valence-electron chi connectivity index (χ1n) is 9.28. The van der Waals surface area contributed by atoms with Crippen molar-refractivity contribution in [2.45, 2.75) is 13.2 Å². The number of thioether (sulfide) groups is 1. The zero-order valence-corrected chi connectivity index (χ0v) is 17.2.